The minimum atomic E-state index is -2.51. The Bertz CT molecular complexity index is 272. The predicted octanol–water partition coefficient (Wildman–Crippen LogP) is -2.78. The second kappa shape index (κ2) is 4.35. The number of carboxylic acid groups (broad SMARTS) is 1. The van der Waals surface area contributed by atoms with E-state index in [4.69, 9.17) is 16.8 Å². The number of aliphatic carboxylic acids is 1. The van der Waals surface area contributed by atoms with Gasteiger partial charge in [-0.1, -0.05) is 6.08 Å². The van der Waals surface area contributed by atoms with E-state index >= 15 is 0 Å². The number of carboxylic acids is 1. The maximum Gasteiger partial charge on any atom is 0.333 e. The second-order valence-electron chi connectivity index (χ2n) is 2.26. The van der Waals surface area contributed by atoms with E-state index in [2.05, 4.69) is 6.58 Å². The average Bonchev–Trinajstić information content (AvgIpc) is 2.18. The molecule has 78 valence electrons. The van der Waals surface area contributed by atoms with Crippen LogP contribution in [0.5, 0.6) is 0 Å². The van der Waals surface area contributed by atoms with Crippen molar-refractivity contribution in [3.8, 4) is 0 Å². The fraction of sp³-hybridized carbons (Fsp3) is 0.167. The van der Waals surface area contributed by atoms with E-state index < -0.39 is 23.2 Å². The molecule has 0 rings (SSSR count). The number of nitrogens with two attached hydrogens (primary N) is 2. The van der Waals surface area contributed by atoms with E-state index in [1.165, 1.54) is 0 Å². The van der Waals surface area contributed by atoms with Crippen molar-refractivity contribution in [3.63, 3.8) is 0 Å². The third kappa shape index (κ3) is 1.56. The first-order chi connectivity index (χ1) is 6.47. The quantitative estimate of drug-likeness (QED) is 0.109. The number of amides is 2. The first-order valence-corrected chi connectivity index (χ1v) is 3.36. The minimum absolute atomic E-state index is 0.639. The van der Waals surface area contributed by atoms with E-state index in [0.717, 1.165) is 0 Å². The van der Waals surface area contributed by atoms with Crippen LogP contribution in [0.2, 0.25) is 0 Å². The van der Waals surface area contributed by atoms with Gasteiger partial charge in [-0.2, -0.15) is 0 Å². The lowest BCUT2D eigenvalue weighted by atomic mass is 9.86. The highest BCUT2D eigenvalue weighted by atomic mass is 16.4. The number of rotatable bonds is 4. The molecule has 8 nitrogen and oxygen atoms in total. The van der Waals surface area contributed by atoms with Gasteiger partial charge in [0.25, 0.3) is 11.8 Å². The number of hydrazine groups is 2. The Morgan fingerprint density at radius 1 is 1.21 bits per heavy atom. The number of carbonyl (C=O) groups excluding carboxylic acids is 2. The largest absolute Gasteiger partial charge is 0.480 e. The van der Waals surface area contributed by atoms with Crippen LogP contribution in [0.1, 0.15) is 0 Å². The highest BCUT2D eigenvalue weighted by Crippen LogP contribution is 2.19. The van der Waals surface area contributed by atoms with Crippen molar-refractivity contribution in [2.24, 2.45) is 17.1 Å². The zero-order valence-electron chi connectivity index (χ0n) is 7.11. The van der Waals surface area contributed by atoms with Gasteiger partial charge in [0.15, 0.2) is 0 Å². The Hall–Kier alpha value is -1.93. The normalized spacial score (nSPS) is 10.1. The van der Waals surface area contributed by atoms with Crippen molar-refractivity contribution in [1.29, 1.82) is 0 Å². The summed E-state index contributed by atoms with van der Waals surface area (Å²) in [5.41, 5.74) is 0.582. The lowest BCUT2D eigenvalue weighted by Gasteiger charge is -2.20. The summed E-state index contributed by atoms with van der Waals surface area (Å²) in [7, 11) is 0. The summed E-state index contributed by atoms with van der Waals surface area (Å²) in [5.74, 6) is 5.27. The van der Waals surface area contributed by atoms with Gasteiger partial charge in [0.05, 0.1) is 0 Å². The molecule has 0 heterocycles. The Kier molecular flexibility index (Phi) is 3.75. The van der Waals surface area contributed by atoms with Crippen LogP contribution in [0.3, 0.4) is 0 Å². The van der Waals surface area contributed by atoms with Gasteiger partial charge in [-0.15, -0.1) is 6.58 Å². The molecule has 0 aromatic rings. The second-order valence-corrected chi connectivity index (χ2v) is 2.26. The molecule has 0 unspecified atom stereocenters. The van der Waals surface area contributed by atoms with Crippen molar-refractivity contribution in [2.45, 2.75) is 0 Å². The molecular formula is C6H10N4O4. The molecule has 0 spiro atoms. The van der Waals surface area contributed by atoms with Crippen molar-refractivity contribution in [1.82, 2.24) is 10.9 Å². The van der Waals surface area contributed by atoms with Crippen LogP contribution in [0.4, 0.5) is 0 Å². The van der Waals surface area contributed by atoms with E-state index in [1.807, 2.05) is 0 Å². The highest BCUT2D eigenvalue weighted by Gasteiger charge is 2.50. The zero-order valence-corrected chi connectivity index (χ0v) is 7.11. The van der Waals surface area contributed by atoms with Gasteiger partial charge in [-0.3, -0.25) is 25.2 Å². The Labute approximate surface area is 78.9 Å². The Morgan fingerprint density at radius 3 is 1.71 bits per heavy atom. The summed E-state index contributed by atoms with van der Waals surface area (Å²) in [6, 6.07) is 0. The molecule has 0 saturated heterocycles. The topological polar surface area (TPSA) is 148 Å². The molecule has 0 aliphatic rings. The number of nitrogens with one attached hydrogen (secondary N) is 2. The van der Waals surface area contributed by atoms with E-state index in [-0.39, 0.29) is 0 Å². The lowest BCUT2D eigenvalue weighted by molar-refractivity contribution is -0.157. The summed E-state index contributed by atoms with van der Waals surface area (Å²) in [6.07, 6.45) is 0.639. The molecule has 0 aliphatic carbocycles. The molecule has 0 atom stereocenters. The molecule has 0 aromatic heterocycles. The van der Waals surface area contributed by atoms with Crippen LogP contribution in [0.15, 0.2) is 12.7 Å². The molecule has 8 heteroatoms. The fourth-order valence-corrected chi connectivity index (χ4v) is 0.798. The van der Waals surface area contributed by atoms with E-state index in [1.54, 1.807) is 10.9 Å². The van der Waals surface area contributed by atoms with Gasteiger partial charge in [0.1, 0.15) is 0 Å². The molecular weight excluding hydrogens is 192 g/mol. The Morgan fingerprint density at radius 2 is 1.57 bits per heavy atom. The summed E-state index contributed by atoms with van der Waals surface area (Å²) >= 11 is 0. The molecule has 0 aromatic carbocycles. The molecule has 7 N–H and O–H groups in total. The monoisotopic (exact) mass is 202 g/mol. The average molecular weight is 202 g/mol. The van der Waals surface area contributed by atoms with Gasteiger partial charge < -0.3 is 5.11 Å². The number of hydrogen-bond acceptors (Lipinski definition) is 5. The molecule has 2 amide bonds. The van der Waals surface area contributed by atoms with Crippen molar-refractivity contribution in [2.75, 3.05) is 0 Å². The van der Waals surface area contributed by atoms with Crippen LogP contribution in [-0.4, -0.2) is 22.9 Å². The molecule has 14 heavy (non-hydrogen) atoms. The standard InChI is InChI=1S/C6H10N4O4/c1-2-6(5(13)14,3(11)9-7)4(12)10-8/h2H,1,7-8H2,(H,9,11)(H,10,12)(H,13,14). The van der Waals surface area contributed by atoms with Gasteiger partial charge >= 0.3 is 5.97 Å². The summed E-state index contributed by atoms with van der Waals surface area (Å²) in [6.45, 7) is 3.08. The number of hydrogen-bond donors (Lipinski definition) is 5. The zero-order chi connectivity index (χ0) is 11.4. The third-order valence-electron chi connectivity index (χ3n) is 1.62. The van der Waals surface area contributed by atoms with Crippen LogP contribution in [0, 0.1) is 5.41 Å². The molecule has 0 bridgehead atoms. The van der Waals surface area contributed by atoms with Crippen molar-refractivity contribution < 1.29 is 19.5 Å². The van der Waals surface area contributed by atoms with Gasteiger partial charge in [-0.25, -0.2) is 11.7 Å². The maximum atomic E-state index is 11.1. The maximum absolute atomic E-state index is 11.1. The smallest absolute Gasteiger partial charge is 0.333 e. The van der Waals surface area contributed by atoms with E-state index in [0.29, 0.717) is 6.08 Å². The Balaban J connectivity index is 5.41. The van der Waals surface area contributed by atoms with Crippen LogP contribution < -0.4 is 22.5 Å². The van der Waals surface area contributed by atoms with Gasteiger partial charge in [-0.05, 0) is 0 Å². The van der Waals surface area contributed by atoms with Gasteiger partial charge in [0.2, 0.25) is 5.41 Å². The van der Waals surface area contributed by atoms with Crippen molar-refractivity contribution in [3.05, 3.63) is 12.7 Å². The minimum Gasteiger partial charge on any atom is -0.480 e. The first kappa shape index (κ1) is 12.1. The summed E-state index contributed by atoms with van der Waals surface area (Å²) in [5, 5.41) is 8.72. The molecule has 0 saturated carbocycles. The molecule has 0 aliphatic heterocycles. The first-order valence-electron chi connectivity index (χ1n) is 3.36. The molecule has 0 radical (unpaired) electrons. The van der Waals surface area contributed by atoms with Crippen molar-refractivity contribution >= 4 is 17.8 Å². The number of carbonyl (C=O) groups is 3. The third-order valence-corrected chi connectivity index (χ3v) is 1.62. The SMILES string of the molecule is C=CC(C(=O)O)(C(=O)NN)C(=O)NN. The lowest BCUT2D eigenvalue weighted by Crippen LogP contribution is -2.57. The van der Waals surface area contributed by atoms with Crippen LogP contribution in [-0.2, 0) is 14.4 Å². The highest BCUT2D eigenvalue weighted by molar-refractivity contribution is 6.22. The summed E-state index contributed by atoms with van der Waals surface area (Å²) < 4.78 is 0. The van der Waals surface area contributed by atoms with Crippen LogP contribution >= 0.6 is 0 Å². The summed E-state index contributed by atoms with van der Waals surface area (Å²) in [4.78, 5) is 33.0. The fourth-order valence-electron chi connectivity index (χ4n) is 0.798. The van der Waals surface area contributed by atoms with Crippen LogP contribution in [0.25, 0.3) is 0 Å². The van der Waals surface area contributed by atoms with E-state index in [9.17, 15) is 14.4 Å². The molecule has 0 fully saturated rings. The predicted molar refractivity (Wildman–Crippen MR) is 44.9 cm³/mol. The van der Waals surface area contributed by atoms with Gasteiger partial charge in [0, 0.05) is 0 Å².